The molecule has 212 valence electrons. The average Bonchev–Trinajstić information content (AvgIpc) is 3.23. The molecule has 2 saturated carbocycles. The molecule has 0 saturated heterocycles. The van der Waals surface area contributed by atoms with E-state index in [0.29, 0.717) is 29.5 Å². The highest BCUT2D eigenvalue weighted by Crippen LogP contribution is 2.64. The highest BCUT2D eigenvalue weighted by molar-refractivity contribution is 5.87. The predicted octanol–water partition coefficient (Wildman–Crippen LogP) is 10.8. The normalized spacial score (nSPS) is 27.5. The number of ketones is 1. The summed E-state index contributed by atoms with van der Waals surface area (Å²) in [6.07, 6.45) is 5.94. The number of methoxy groups -OCH3 is 1. The maximum atomic E-state index is 13.1. The third-order valence-corrected chi connectivity index (χ3v) is 8.99. The number of allylic oxidation sites excluding steroid dienone is 2. The third-order valence-electron chi connectivity index (χ3n) is 8.99. The Kier molecular flexibility index (Phi) is 15.4. The number of ether oxygens (including phenoxy) is 1. The van der Waals surface area contributed by atoms with Crippen LogP contribution < -0.4 is 4.74 Å². The van der Waals surface area contributed by atoms with Crippen LogP contribution in [-0.4, -0.2) is 12.9 Å². The lowest BCUT2D eigenvalue weighted by Gasteiger charge is -2.56. The van der Waals surface area contributed by atoms with Crippen molar-refractivity contribution in [2.24, 2.45) is 28.6 Å². The molecule has 1 aromatic rings. The SMILES string of the molecule is C=C(C)CCC(C)(C(=C)C)C1C(c2ccc(OC)cc2)CC2(C)C(=O)CCC2C1CC.CC.CC.CC. The summed E-state index contributed by atoms with van der Waals surface area (Å²) in [5.74, 6) is 3.16. The van der Waals surface area contributed by atoms with E-state index in [-0.39, 0.29) is 10.8 Å². The first-order valence-corrected chi connectivity index (χ1v) is 15.1. The van der Waals surface area contributed by atoms with Crippen LogP contribution >= 0.6 is 0 Å². The lowest BCUT2D eigenvalue weighted by atomic mass is 9.47. The van der Waals surface area contributed by atoms with Crippen molar-refractivity contribution < 1.29 is 9.53 Å². The van der Waals surface area contributed by atoms with Gasteiger partial charge in [-0.25, -0.2) is 0 Å². The van der Waals surface area contributed by atoms with Gasteiger partial charge >= 0.3 is 0 Å². The van der Waals surface area contributed by atoms with Gasteiger partial charge in [0.05, 0.1) is 7.11 Å². The minimum absolute atomic E-state index is 0.0111. The van der Waals surface area contributed by atoms with Crippen LogP contribution in [0.1, 0.15) is 126 Å². The zero-order valence-electron chi connectivity index (χ0n) is 26.6. The minimum atomic E-state index is -0.202. The second-order valence-electron chi connectivity index (χ2n) is 10.8. The van der Waals surface area contributed by atoms with E-state index in [9.17, 15) is 4.79 Å². The Morgan fingerprint density at radius 3 is 2.03 bits per heavy atom. The number of benzene rings is 1. The standard InChI is InChI=1S/C29H42O2.3C2H6/c1-9-23-25-14-15-26(30)29(25,7)18-24(21-10-12-22(31-8)13-11-21)27(23)28(6,20(4)5)17-16-19(2)3;3*1-2/h10-13,23-25,27H,2,4,9,14-18H2,1,3,5-8H3;3*1-2H3. The Morgan fingerprint density at radius 2 is 1.59 bits per heavy atom. The summed E-state index contributed by atoms with van der Waals surface area (Å²) in [5.41, 5.74) is 3.65. The highest BCUT2D eigenvalue weighted by atomic mass is 16.5. The van der Waals surface area contributed by atoms with Gasteiger partial charge in [-0.1, -0.05) is 98.6 Å². The molecule has 0 N–H and O–H groups in total. The molecule has 1 aromatic carbocycles. The average molecular weight is 513 g/mol. The summed E-state index contributed by atoms with van der Waals surface area (Å²) < 4.78 is 5.42. The summed E-state index contributed by atoms with van der Waals surface area (Å²) in [6, 6.07) is 8.60. The van der Waals surface area contributed by atoms with E-state index in [0.717, 1.165) is 44.3 Å². The quantitative estimate of drug-likeness (QED) is 0.324. The van der Waals surface area contributed by atoms with Crippen LogP contribution in [0, 0.1) is 28.6 Å². The Bertz CT molecular complexity index is 835. The van der Waals surface area contributed by atoms with Crippen LogP contribution in [0.15, 0.2) is 48.6 Å². The van der Waals surface area contributed by atoms with E-state index in [1.807, 2.05) is 41.5 Å². The van der Waals surface area contributed by atoms with Crippen molar-refractivity contribution in [1.29, 1.82) is 0 Å². The van der Waals surface area contributed by atoms with Crippen molar-refractivity contribution >= 4 is 5.78 Å². The monoisotopic (exact) mass is 512 g/mol. The molecule has 2 fully saturated rings. The van der Waals surface area contributed by atoms with Crippen molar-refractivity contribution in [1.82, 2.24) is 0 Å². The zero-order chi connectivity index (χ0) is 29.0. The topological polar surface area (TPSA) is 26.3 Å². The largest absolute Gasteiger partial charge is 0.497 e. The van der Waals surface area contributed by atoms with Crippen molar-refractivity contribution in [3.05, 3.63) is 54.1 Å². The van der Waals surface area contributed by atoms with Gasteiger partial charge in [-0.05, 0) is 86.3 Å². The van der Waals surface area contributed by atoms with E-state index < -0.39 is 0 Å². The fourth-order valence-corrected chi connectivity index (χ4v) is 6.95. The van der Waals surface area contributed by atoms with Gasteiger partial charge in [-0.15, -0.1) is 6.58 Å². The molecular formula is C35H60O2. The van der Waals surface area contributed by atoms with Crippen LogP contribution in [-0.2, 0) is 4.79 Å². The van der Waals surface area contributed by atoms with E-state index in [1.54, 1.807) is 7.11 Å². The maximum Gasteiger partial charge on any atom is 0.139 e. The molecule has 0 bridgehead atoms. The molecule has 6 unspecified atom stereocenters. The van der Waals surface area contributed by atoms with Gasteiger partial charge in [0.25, 0.3) is 0 Å². The first kappa shape index (κ1) is 35.2. The van der Waals surface area contributed by atoms with E-state index in [4.69, 9.17) is 4.74 Å². The molecule has 0 aromatic heterocycles. The summed E-state index contributed by atoms with van der Waals surface area (Å²) in [6.45, 7) is 32.1. The van der Waals surface area contributed by atoms with Crippen molar-refractivity contribution in [2.75, 3.05) is 7.11 Å². The number of rotatable bonds is 8. The molecular weight excluding hydrogens is 452 g/mol. The number of fused-ring (bicyclic) bond motifs is 1. The van der Waals surface area contributed by atoms with Gasteiger partial charge in [0, 0.05) is 11.8 Å². The summed E-state index contributed by atoms with van der Waals surface area (Å²) in [5, 5.41) is 0. The summed E-state index contributed by atoms with van der Waals surface area (Å²) in [4.78, 5) is 13.1. The van der Waals surface area contributed by atoms with Gasteiger partial charge in [0.15, 0.2) is 0 Å². The maximum absolute atomic E-state index is 13.1. The Labute approximate surface area is 231 Å². The molecule has 2 aliphatic rings. The Hall–Kier alpha value is -1.83. The molecule has 0 aliphatic heterocycles. The fraction of sp³-hybridized carbons (Fsp3) is 0.686. The van der Waals surface area contributed by atoms with Crippen LogP contribution in [0.2, 0.25) is 0 Å². The van der Waals surface area contributed by atoms with Gasteiger partial charge < -0.3 is 4.74 Å². The number of carbonyl (C=O) groups is 1. The van der Waals surface area contributed by atoms with Crippen molar-refractivity contribution in [3.63, 3.8) is 0 Å². The van der Waals surface area contributed by atoms with E-state index >= 15 is 0 Å². The molecule has 0 spiro atoms. The molecule has 0 heterocycles. The number of carbonyl (C=O) groups excluding carboxylic acids is 1. The van der Waals surface area contributed by atoms with Crippen LogP contribution in [0.5, 0.6) is 5.75 Å². The molecule has 6 atom stereocenters. The van der Waals surface area contributed by atoms with Crippen molar-refractivity contribution in [2.45, 2.75) is 121 Å². The lowest BCUT2D eigenvalue weighted by Crippen LogP contribution is -2.50. The first-order valence-electron chi connectivity index (χ1n) is 15.1. The molecule has 3 rings (SSSR count). The highest BCUT2D eigenvalue weighted by Gasteiger charge is 2.59. The van der Waals surface area contributed by atoms with Gasteiger partial charge in [0.1, 0.15) is 11.5 Å². The Balaban J connectivity index is 0.00000201. The number of hydrogen-bond donors (Lipinski definition) is 0. The van der Waals surface area contributed by atoms with Gasteiger partial charge in [-0.2, -0.15) is 0 Å². The number of Topliss-reactive ketones (excluding diaryl/α,β-unsaturated/α-hetero) is 1. The summed E-state index contributed by atoms with van der Waals surface area (Å²) >= 11 is 0. The zero-order valence-corrected chi connectivity index (χ0v) is 26.6. The van der Waals surface area contributed by atoms with Gasteiger partial charge in [-0.3, -0.25) is 4.79 Å². The minimum Gasteiger partial charge on any atom is -0.497 e. The predicted molar refractivity (Wildman–Crippen MR) is 164 cm³/mol. The molecule has 2 heteroatoms. The second kappa shape index (κ2) is 16.2. The fourth-order valence-electron chi connectivity index (χ4n) is 6.95. The van der Waals surface area contributed by atoms with E-state index in [2.05, 4.69) is 72.0 Å². The smallest absolute Gasteiger partial charge is 0.139 e. The van der Waals surface area contributed by atoms with Crippen LogP contribution in [0.4, 0.5) is 0 Å². The molecule has 0 radical (unpaired) electrons. The van der Waals surface area contributed by atoms with Crippen LogP contribution in [0.25, 0.3) is 0 Å². The van der Waals surface area contributed by atoms with Gasteiger partial charge in [0.2, 0.25) is 0 Å². The van der Waals surface area contributed by atoms with Crippen LogP contribution in [0.3, 0.4) is 0 Å². The molecule has 2 nitrogen and oxygen atoms in total. The molecule has 2 aliphatic carbocycles. The third kappa shape index (κ3) is 7.61. The Morgan fingerprint density at radius 1 is 1.05 bits per heavy atom. The summed E-state index contributed by atoms with van der Waals surface area (Å²) in [7, 11) is 1.71. The van der Waals surface area contributed by atoms with E-state index in [1.165, 1.54) is 16.7 Å². The lowest BCUT2D eigenvalue weighted by molar-refractivity contribution is -0.132. The number of hydrogen-bond acceptors (Lipinski definition) is 2. The second-order valence-corrected chi connectivity index (χ2v) is 10.8. The molecule has 0 amide bonds. The molecule has 37 heavy (non-hydrogen) atoms. The van der Waals surface area contributed by atoms with Crippen molar-refractivity contribution in [3.8, 4) is 5.75 Å². The first-order chi connectivity index (χ1) is 17.6.